The van der Waals surface area contributed by atoms with E-state index in [1.165, 1.54) is 0 Å². The Hall–Kier alpha value is -9.00. The standard InChI is InChI=1S/C64H109N15O26/c80-49(14-3-1-2-4-15-50(81)66-19-10-7-13-47(62(101)102)70-64(105)71-48(63(103)104)16-17-53(84)85)65-18-9-6-12-46(61(99)100)69-60(98)45(68-52(83)38-73-23-27-76(41-56(90)91)31-35-79(44-59(96)97)36-32-77(28-24-73)42-57(92)93)11-5-8-20-67-51(82)37-72-21-25-74(39-54(86)87)29-33-78(43-58(94)95)34-30-75(26-22-72)40-55(88)89/h45-48H,1-44H2,(H,65,80)(H,66,81)(H,67,82)(H,68,83)(H,69,98)(H,84,85)(H,86,87)(H,88,89)(H,90,91)(H,92,93)(H,94,95)(H,96,97)(H,99,100)(H,101,102)(H,103,104)(H2,70,71,105)/t45?,46?,47-,48-/m0/s1. The van der Waals surface area contributed by atoms with E-state index in [4.69, 9.17) is 5.11 Å². The molecule has 0 aromatic heterocycles. The van der Waals surface area contributed by atoms with Gasteiger partial charge in [-0.1, -0.05) is 12.8 Å². The van der Waals surface area contributed by atoms with Crippen molar-refractivity contribution in [3.8, 4) is 0 Å². The molecule has 105 heavy (non-hydrogen) atoms. The molecule has 2 rings (SSSR count). The Morgan fingerprint density at radius 2 is 0.495 bits per heavy atom. The van der Waals surface area contributed by atoms with Crippen LogP contribution in [0.4, 0.5) is 4.79 Å². The molecule has 596 valence electrons. The van der Waals surface area contributed by atoms with Crippen molar-refractivity contribution in [2.75, 3.05) is 177 Å². The number of hydrogen-bond acceptors (Lipinski definition) is 24. The zero-order valence-electron chi connectivity index (χ0n) is 59.5. The Morgan fingerprint density at radius 1 is 0.238 bits per heavy atom. The van der Waals surface area contributed by atoms with E-state index in [9.17, 15) is 123 Å². The number of amides is 7. The smallest absolute Gasteiger partial charge is 0.326 e. The van der Waals surface area contributed by atoms with Crippen molar-refractivity contribution in [3.63, 3.8) is 0 Å². The molecule has 0 saturated carbocycles. The lowest BCUT2D eigenvalue weighted by Gasteiger charge is -2.33. The van der Waals surface area contributed by atoms with Gasteiger partial charge >= 0.3 is 65.7 Å². The molecule has 2 heterocycles. The molecule has 7 amide bonds. The number of hydrogen-bond donors (Lipinski definition) is 17. The largest absolute Gasteiger partial charge is 0.481 e. The monoisotopic (exact) mass is 1500 g/mol. The van der Waals surface area contributed by atoms with Crippen molar-refractivity contribution in [3.05, 3.63) is 0 Å². The number of carbonyl (C=O) groups is 16. The fraction of sp³-hybridized carbons (Fsp3) is 0.750. The molecule has 0 bridgehead atoms. The van der Waals surface area contributed by atoms with E-state index in [1.807, 2.05) is 5.32 Å². The second kappa shape index (κ2) is 52.9. The molecule has 0 spiro atoms. The van der Waals surface area contributed by atoms with Crippen LogP contribution >= 0.6 is 0 Å². The highest BCUT2D eigenvalue weighted by Crippen LogP contribution is 2.11. The number of carboxylic acids is 10. The minimum atomic E-state index is -1.55. The van der Waals surface area contributed by atoms with Gasteiger partial charge in [0.1, 0.15) is 24.2 Å². The first-order valence-electron chi connectivity index (χ1n) is 35.2. The van der Waals surface area contributed by atoms with Crippen molar-refractivity contribution in [1.29, 1.82) is 0 Å². The maximum absolute atomic E-state index is 14.2. The molecule has 17 N–H and O–H groups in total. The molecule has 2 fully saturated rings. The number of nitrogens with one attached hydrogen (secondary N) is 7. The van der Waals surface area contributed by atoms with E-state index in [-0.39, 0.29) is 233 Å². The summed E-state index contributed by atoms with van der Waals surface area (Å²) in [6, 6.07) is -6.83. The lowest BCUT2D eigenvalue weighted by molar-refractivity contribution is -0.143. The van der Waals surface area contributed by atoms with Crippen molar-refractivity contribution in [2.45, 2.75) is 133 Å². The molecule has 0 aliphatic carbocycles. The Morgan fingerprint density at radius 3 is 0.781 bits per heavy atom. The number of rotatable bonds is 49. The van der Waals surface area contributed by atoms with Crippen LogP contribution in [0.3, 0.4) is 0 Å². The van der Waals surface area contributed by atoms with Crippen LogP contribution in [0.5, 0.6) is 0 Å². The molecule has 0 aromatic rings. The van der Waals surface area contributed by atoms with Crippen molar-refractivity contribution >= 4 is 95.3 Å². The van der Waals surface area contributed by atoms with Gasteiger partial charge in [0.2, 0.25) is 29.5 Å². The third-order valence-electron chi connectivity index (χ3n) is 17.2. The summed E-state index contributed by atoms with van der Waals surface area (Å²) in [6.45, 7) is -0.270. The molecule has 2 saturated heterocycles. The van der Waals surface area contributed by atoms with Crippen molar-refractivity contribution in [1.82, 2.24) is 76.4 Å². The summed E-state index contributed by atoms with van der Waals surface area (Å²) in [5.41, 5.74) is 0. The maximum Gasteiger partial charge on any atom is 0.326 e. The molecule has 0 radical (unpaired) electrons. The van der Waals surface area contributed by atoms with E-state index in [0.717, 1.165) is 0 Å². The molecule has 4 atom stereocenters. The molecule has 0 aromatic carbocycles. The summed E-state index contributed by atoms with van der Waals surface area (Å²) in [5.74, 6) is -14.9. The number of urea groups is 1. The number of nitrogens with zero attached hydrogens (tertiary/aromatic N) is 8. The van der Waals surface area contributed by atoms with Crippen molar-refractivity contribution < 1.29 is 128 Å². The first kappa shape index (κ1) is 92.1. The maximum atomic E-state index is 14.2. The summed E-state index contributed by atoms with van der Waals surface area (Å²) in [7, 11) is 0. The highest BCUT2D eigenvalue weighted by atomic mass is 16.4. The van der Waals surface area contributed by atoms with E-state index < -0.39 is 134 Å². The first-order chi connectivity index (χ1) is 49.8. The summed E-state index contributed by atoms with van der Waals surface area (Å²) in [5, 5.41) is 113. The van der Waals surface area contributed by atoms with Gasteiger partial charge in [0.05, 0.1) is 52.4 Å². The van der Waals surface area contributed by atoms with E-state index in [0.29, 0.717) is 38.5 Å². The van der Waals surface area contributed by atoms with Gasteiger partial charge in [-0.15, -0.1) is 0 Å². The fourth-order valence-corrected chi connectivity index (χ4v) is 11.4. The quantitative estimate of drug-likeness (QED) is 0.0254. The Kier molecular flexibility index (Phi) is 46.4. The molecule has 41 nitrogen and oxygen atoms in total. The highest BCUT2D eigenvalue weighted by molar-refractivity contribution is 5.91. The molecule has 2 aliphatic heterocycles. The van der Waals surface area contributed by atoms with E-state index >= 15 is 0 Å². The van der Waals surface area contributed by atoms with Gasteiger partial charge in [0.15, 0.2) is 0 Å². The van der Waals surface area contributed by atoms with E-state index in [2.05, 4.69) is 31.9 Å². The predicted octanol–water partition coefficient (Wildman–Crippen LogP) is -4.74. The lowest BCUT2D eigenvalue weighted by Crippen LogP contribution is -2.54. The van der Waals surface area contributed by atoms with Gasteiger partial charge in [-0.05, 0) is 77.0 Å². The number of unbranched alkanes of at least 4 members (excludes halogenated alkanes) is 6. The van der Waals surface area contributed by atoms with Crippen LogP contribution in [0.15, 0.2) is 0 Å². The average Bonchev–Trinajstić information content (AvgIpc) is 0.893. The normalized spacial score (nSPS) is 16.8. The van der Waals surface area contributed by atoms with Crippen LogP contribution < -0.4 is 37.2 Å². The SMILES string of the molecule is O=C(O)CC[C@H](NC(=O)N[C@@H](CCCCNC(=O)CCCCCCC(=O)NCCCCC(NC(=O)C(CCCCNC(=O)CN1CCN(CC(=O)O)CCN(CC(=O)O)CCN(CC(=O)O)CC1)NC(=O)CN1CCN(CC(=O)O)CCN(CC(=O)O)CCN(CC(=O)O)CC1)C(=O)O)C(=O)O)C(=O)O. The van der Waals surface area contributed by atoms with Crippen LogP contribution in [0, 0.1) is 0 Å². The summed E-state index contributed by atoms with van der Waals surface area (Å²) in [4.78, 5) is 209. The van der Waals surface area contributed by atoms with Gasteiger partial charge < -0.3 is 88.3 Å². The van der Waals surface area contributed by atoms with Gasteiger partial charge in [-0.2, -0.15) is 0 Å². The summed E-state index contributed by atoms with van der Waals surface area (Å²) >= 11 is 0. The van der Waals surface area contributed by atoms with Crippen LogP contribution in [0.2, 0.25) is 0 Å². The van der Waals surface area contributed by atoms with Crippen LogP contribution in [0.25, 0.3) is 0 Å². The molecular formula is C64H109N15O26. The third kappa shape index (κ3) is 46.5. The molecule has 41 heteroatoms. The molecule has 2 unspecified atom stereocenters. The average molecular weight is 1500 g/mol. The first-order valence-corrected chi connectivity index (χ1v) is 35.2. The molecule has 2 aliphatic rings. The van der Waals surface area contributed by atoms with Gasteiger partial charge in [0.25, 0.3) is 0 Å². The van der Waals surface area contributed by atoms with Gasteiger partial charge in [-0.3, -0.25) is 96.7 Å². The third-order valence-corrected chi connectivity index (χ3v) is 17.2. The van der Waals surface area contributed by atoms with Crippen LogP contribution in [-0.4, -0.2) is 386 Å². The fourth-order valence-electron chi connectivity index (χ4n) is 11.4. The van der Waals surface area contributed by atoms with E-state index in [1.54, 1.807) is 39.2 Å². The topological polar surface area (TPSA) is 586 Å². The molecular weight excluding hydrogens is 1390 g/mol. The zero-order valence-corrected chi connectivity index (χ0v) is 59.5. The van der Waals surface area contributed by atoms with Gasteiger partial charge in [0, 0.05) is 144 Å². The Bertz CT molecular complexity index is 2760. The minimum absolute atomic E-state index is 0.0420. The lowest BCUT2D eigenvalue weighted by atomic mass is 10.1. The van der Waals surface area contributed by atoms with Crippen LogP contribution in [0.1, 0.15) is 109 Å². The number of carbonyl (C=O) groups excluding carboxylic acids is 6. The van der Waals surface area contributed by atoms with Gasteiger partial charge in [-0.25, -0.2) is 19.2 Å². The summed E-state index contributed by atoms with van der Waals surface area (Å²) < 4.78 is 0. The second-order valence-corrected chi connectivity index (χ2v) is 25.9. The van der Waals surface area contributed by atoms with Crippen molar-refractivity contribution in [2.24, 2.45) is 0 Å². The highest BCUT2D eigenvalue weighted by Gasteiger charge is 2.30. The second-order valence-electron chi connectivity index (χ2n) is 25.9. The Labute approximate surface area is 607 Å². The zero-order chi connectivity index (χ0) is 78.2. The minimum Gasteiger partial charge on any atom is -0.481 e. The Balaban J connectivity index is 2.08. The number of carboxylic acid groups (broad SMARTS) is 10. The predicted molar refractivity (Wildman–Crippen MR) is 369 cm³/mol. The summed E-state index contributed by atoms with van der Waals surface area (Å²) in [6.07, 6.45) is 3.06. The number of aliphatic carboxylic acids is 10. The van der Waals surface area contributed by atoms with Crippen LogP contribution in [-0.2, 0) is 71.9 Å².